The molecule has 0 saturated heterocycles. The largest absolute Gasteiger partial charge is 0.573 e. The molecule has 4 N–H and O–H groups in total. The highest BCUT2D eigenvalue weighted by molar-refractivity contribution is 5.92. The van der Waals surface area contributed by atoms with Crippen molar-refractivity contribution in [3.05, 3.63) is 41.7 Å². The van der Waals surface area contributed by atoms with Crippen LogP contribution < -0.4 is 15.8 Å². The maximum atomic E-state index is 12.1. The summed E-state index contributed by atoms with van der Waals surface area (Å²) in [5, 5.41) is 9.62. The lowest BCUT2D eigenvalue weighted by Crippen LogP contribution is -2.23. The van der Waals surface area contributed by atoms with Gasteiger partial charge in [-0.05, 0) is 49.6 Å². The third kappa shape index (κ3) is 5.82. The maximum Gasteiger partial charge on any atom is 0.573 e. The van der Waals surface area contributed by atoms with E-state index in [9.17, 15) is 13.2 Å². The molecule has 130 valence electrons. The Bertz CT molecular complexity index is 679. The molecule has 0 aliphatic carbocycles. The van der Waals surface area contributed by atoms with E-state index in [1.165, 1.54) is 24.3 Å². The summed E-state index contributed by atoms with van der Waals surface area (Å²) in [7, 11) is 0. The van der Waals surface area contributed by atoms with Crippen molar-refractivity contribution in [3.63, 3.8) is 0 Å². The molecule has 0 bridgehead atoms. The molecule has 0 atom stereocenters. The first kappa shape index (κ1) is 17.6. The number of rotatable bonds is 6. The second-order valence-electron chi connectivity index (χ2n) is 5.09. The average Bonchev–Trinajstić information content (AvgIpc) is 2.90. The monoisotopic (exact) mass is 341 g/mol. The maximum absolute atomic E-state index is 12.1. The Balaban J connectivity index is 1.78. The Labute approximate surface area is 136 Å². The van der Waals surface area contributed by atoms with E-state index in [2.05, 4.69) is 25.2 Å². The van der Waals surface area contributed by atoms with Crippen LogP contribution in [0, 0.1) is 6.92 Å². The van der Waals surface area contributed by atoms with Crippen molar-refractivity contribution < 1.29 is 17.9 Å². The number of H-pyrrole nitrogens is 1. The minimum Gasteiger partial charge on any atom is -0.406 e. The van der Waals surface area contributed by atoms with Crippen LogP contribution >= 0.6 is 0 Å². The topological polar surface area (TPSA) is 88.3 Å². The minimum absolute atomic E-state index is 0.198. The van der Waals surface area contributed by atoms with Crippen LogP contribution in [0.3, 0.4) is 0 Å². The Hall–Kier alpha value is -2.71. The van der Waals surface area contributed by atoms with Crippen LogP contribution in [0.15, 0.2) is 35.5 Å². The third-order valence-corrected chi connectivity index (χ3v) is 3.18. The predicted octanol–water partition coefficient (Wildman–Crippen LogP) is 2.98. The van der Waals surface area contributed by atoms with Crippen molar-refractivity contribution in [2.45, 2.75) is 26.1 Å². The van der Waals surface area contributed by atoms with E-state index in [1.807, 2.05) is 6.92 Å². The molecule has 1 heterocycles. The van der Waals surface area contributed by atoms with Gasteiger partial charge in [0.2, 0.25) is 0 Å². The number of halogens is 3. The number of anilines is 1. The summed E-state index contributed by atoms with van der Waals surface area (Å²) in [6.07, 6.45) is -1.28. The van der Waals surface area contributed by atoms with Gasteiger partial charge in [-0.1, -0.05) is 0 Å². The third-order valence-electron chi connectivity index (χ3n) is 3.18. The van der Waals surface area contributed by atoms with Crippen LogP contribution in [0.5, 0.6) is 5.75 Å². The van der Waals surface area contributed by atoms with Gasteiger partial charge in [0.05, 0.1) is 6.20 Å². The average molecular weight is 341 g/mol. The Kier molecular flexibility index (Phi) is 5.67. The van der Waals surface area contributed by atoms with E-state index in [0.717, 1.165) is 24.1 Å². The number of nitrogens with zero attached hydrogens (tertiary/aromatic N) is 2. The zero-order valence-electron chi connectivity index (χ0n) is 13.0. The number of aromatic nitrogens is 2. The van der Waals surface area contributed by atoms with Crippen LogP contribution in [0.2, 0.25) is 0 Å². The lowest BCUT2D eigenvalue weighted by molar-refractivity contribution is -0.274. The zero-order valence-corrected chi connectivity index (χ0v) is 13.0. The summed E-state index contributed by atoms with van der Waals surface area (Å²) >= 11 is 0. The van der Waals surface area contributed by atoms with E-state index >= 15 is 0 Å². The smallest absolute Gasteiger partial charge is 0.406 e. The zero-order chi connectivity index (χ0) is 17.6. The number of benzene rings is 1. The van der Waals surface area contributed by atoms with Crippen molar-refractivity contribution in [1.82, 2.24) is 10.2 Å². The summed E-state index contributed by atoms with van der Waals surface area (Å²) < 4.78 is 40.0. The van der Waals surface area contributed by atoms with Crippen LogP contribution in [0.25, 0.3) is 0 Å². The number of alkyl halides is 3. The molecule has 24 heavy (non-hydrogen) atoms. The fourth-order valence-electron chi connectivity index (χ4n) is 2.02. The Morgan fingerprint density at radius 3 is 2.62 bits per heavy atom. The normalized spacial score (nSPS) is 12.2. The van der Waals surface area contributed by atoms with Crippen LogP contribution in [0.4, 0.5) is 18.9 Å². The first-order valence-corrected chi connectivity index (χ1v) is 7.25. The first-order valence-electron chi connectivity index (χ1n) is 7.25. The number of hydrogen-bond donors (Lipinski definition) is 3. The van der Waals surface area contributed by atoms with Gasteiger partial charge < -0.3 is 15.8 Å². The lowest BCUT2D eigenvalue weighted by Gasteiger charge is -2.10. The van der Waals surface area contributed by atoms with Crippen LogP contribution in [0.1, 0.15) is 17.7 Å². The van der Waals surface area contributed by atoms with Crippen molar-refractivity contribution in [1.29, 1.82) is 0 Å². The molecule has 2 aromatic rings. The highest BCUT2D eigenvalue weighted by atomic mass is 19.4. The summed E-state index contributed by atoms with van der Waals surface area (Å²) in [5.41, 5.74) is 8.44. The van der Waals surface area contributed by atoms with E-state index in [0.29, 0.717) is 12.2 Å². The highest BCUT2D eigenvalue weighted by Gasteiger charge is 2.30. The fraction of sp³-hybridized carbons (Fsp3) is 0.333. The number of hydrogen-bond acceptors (Lipinski definition) is 3. The van der Waals surface area contributed by atoms with Gasteiger partial charge in [0.1, 0.15) is 5.75 Å². The number of guanidine groups is 1. The van der Waals surface area contributed by atoms with Crippen molar-refractivity contribution >= 4 is 11.6 Å². The second-order valence-corrected chi connectivity index (χ2v) is 5.09. The summed E-state index contributed by atoms with van der Waals surface area (Å²) in [5.74, 6) is -0.0950. The highest BCUT2D eigenvalue weighted by Crippen LogP contribution is 2.23. The number of aliphatic imine (C=N–C) groups is 1. The number of aryl methyl sites for hydroxylation is 2. The number of ether oxygens (including phenoxy) is 1. The van der Waals surface area contributed by atoms with Gasteiger partial charge >= 0.3 is 6.36 Å². The quantitative estimate of drug-likeness (QED) is 0.428. The van der Waals surface area contributed by atoms with Gasteiger partial charge in [-0.3, -0.25) is 10.1 Å². The first-order chi connectivity index (χ1) is 11.3. The second kappa shape index (κ2) is 7.71. The van der Waals surface area contributed by atoms with Crippen LogP contribution in [-0.4, -0.2) is 29.1 Å². The SMILES string of the molecule is Cc1[nH]ncc1CCCN=C(N)Nc1ccc(OC(F)(F)F)cc1. The molecule has 0 unspecified atom stereocenters. The molecule has 6 nitrogen and oxygen atoms in total. The molecule has 0 saturated carbocycles. The number of nitrogens with one attached hydrogen (secondary N) is 2. The van der Waals surface area contributed by atoms with E-state index in [4.69, 9.17) is 5.73 Å². The van der Waals surface area contributed by atoms with E-state index in [-0.39, 0.29) is 11.7 Å². The van der Waals surface area contributed by atoms with Gasteiger partial charge in [-0.25, -0.2) is 0 Å². The van der Waals surface area contributed by atoms with Gasteiger partial charge in [0.15, 0.2) is 5.96 Å². The molecule has 0 fully saturated rings. The Morgan fingerprint density at radius 2 is 2.04 bits per heavy atom. The van der Waals surface area contributed by atoms with Gasteiger partial charge in [0.25, 0.3) is 0 Å². The summed E-state index contributed by atoms with van der Waals surface area (Å²) in [6, 6.07) is 5.26. The lowest BCUT2D eigenvalue weighted by atomic mass is 10.1. The number of nitrogens with two attached hydrogens (primary N) is 1. The molecule has 0 aliphatic rings. The summed E-state index contributed by atoms with van der Waals surface area (Å²) in [4.78, 5) is 4.17. The van der Waals surface area contributed by atoms with Crippen LogP contribution in [-0.2, 0) is 6.42 Å². The van der Waals surface area contributed by atoms with Crippen molar-refractivity contribution in [2.24, 2.45) is 10.7 Å². The molecule has 0 radical (unpaired) electrons. The molecular weight excluding hydrogens is 323 g/mol. The molecule has 9 heteroatoms. The standard InChI is InChI=1S/C15H18F3N5O/c1-10-11(9-21-23-10)3-2-8-20-14(19)22-12-4-6-13(7-5-12)24-15(16,17)18/h4-7,9H,2-3,8H2,1H3,(H,21,23)(H3,19,20,22). The molecule has 2 rings (SSSR count). The van der Waals surface area contributed by atoms with Gasteiger partial charge in [0, 0.05) is 17.9 Å². The van der Waals surface area contributed by atoms with E-state index in [1.54, 1.807) is 6.20 Å². The van der Waals surface area contributed by atoms with Crippen molar-refractivity contribution in [2.75, 3.05) is 11.9 Å². The predicted molar refractivity (Wildman–Crippen MR) is 84.9 cm³/mol. The van der Waals surface area contributed by atoms with Crippen molar-refractivity contribution in [3.8, 4) is 5.75 Å². The fourth-order valence-corrected chi connectivity index (χ4v) is 2.02. The van der Waals surface area contributed by atoms with E-state index < -0.39 is 6.36 Å². The van der Waals surface area contributed by atoms with Gasteiger partial charge in [-0.15, -0.1) is 13.2 Å². The number of aromatic amines is 1. The molecular formula is C15H18F3N5O. The molecule has 0 aliphatic heterocycles. The Morgan fingerprint density at radius 1 is 1.33 bits per heavy atom. The molecule has 1 aromatic carbocycles. The molecule has 1 aromatic heterocycles. The minimum atomic E-state index is -4.71. The molecule has 0 amide bonds. The summed E-state index contributed by atoms with van der Waals surface area (Å²) in [6.45, 7) is 2.48. The van der Waals surface area contributed by atoms with Gasteiger partial charge in [-0.2, -0.15) is 5.10 Å². The molecule has 0 spiro atoms.